The third-order valence-electron chi connectivity index (χ3n) is 5.55. The lowest BCUT2D eigenvalue weighted by atomic mass is 10.1. The van der Waals surface area contributed by atoms with E-state index in [2.05, 4.69) is 63.1 Å². The van der Waals surface area contributed by atoms with Crippen LogP contribution in [0.4, 0.5) is 0 Å². The molecule has 162 valence electrons. The zero-order valence-corrected chi connectivity index (χ0v) is 19.5. The van der Waals surface area contributed by atoms with Crippen LogP contribution in [0.25, 0.3) is 10.9 Å². The summed E-state index contributed by atoms with van der Waals surface area (Å²) in [6, 6.07) is 16.6. The molecule has 7 heteroatoms. The Labute approximate surface area is 192 Å². The van der Waals surface area contributed by atoms with E-state index in [0.717, 1.165) is 72.5 Å². The van der Waals surface area contributed by atoms with Crippen LogP contribution in [0.1, 0.15) is 30.3 Å². The second kappa shape index (κ2) is 10.4. The summed E-state index contributed by atoms with van der Waals surface area (Å²) in [5, 5.41) is 0.651. The molecule has 1 aliphatic rings. The Morgan fingerprint density at radius 2 is 1.87 bits per heavy atom. The Hall–Kier alpha value is -2.22. The maximum atomic E-state index is 12.4. The number of rotatable bonds is 6. The molecule has 4 rings (SSSR count). The second-order valence-corrected chi connectivity index (χ2v) is 9.53. The Morgan fingerprint density at radius 1 is 1.10 bits per heavy atom. The standard InChI is InChI=1S/C24H28N4OS2/c1-2-6-22-25-21-10-9-19(15-20(21)23(29)26-22)17-31-24(30)28-13-11-27(12-14-28)16-18-7-4-3-5-8-18/h3-5,7-10,15H,2,6,11-14,16-17H2,1H3,(H,25,26,29). The Balaban J connectivity index is 1.30. The highest BCUT2D eigenvalue weighted by Crippen LogP contribution is 2.20. The van der Waals surface area contributed by atoms with Gasteiger partial charge in [0.05, 0.1) is 10.9 Å². The zero-order valence-electron chi connectivity index (χ0n) is 17.8. The molecular weight excluding hydrogens is 424 g/mol. The quantitative estimate of drug-likeness (QED) is 0.566. The predicted octanol–water partition coefficient (Wildman–Crippen LogP) is 4.21. The first-order chi connectivity index (χ1) is 15.1. The zero-order chi connectivity index (χ0) is 21.6. The van der Waals surface area contributed by atoms with Gasteiger partial charge in [-0.25, -0.2) is 4.98 Å². The van der Waals surface area contributed by atoms with Gasteiger partial charge in [-0.3, -0.25) is 9.69 Å². The molecule has 31 heavy (non-hydrogen) atoms. The highest BCUT2D eigenvalue weighted by Gasteiger charge is 2.19. The van der Waals surface area contributed by atoms with Crippen LogP contribution < -0.4 is 5.56 Å². The summed E-state index contributed by atoms with van der Waals surface area (Å²) in [6.45, 7) is 7.03. The van der Waals surface area contributed by atoms with Crippen LogP contribution in [-0.2, 0) is 18.7 Å². The van der Waals surface area contributed by atoms with E-state index in [0.29, 0.717) is 5.39 Å². The van der Waals surface area contributed by atoms with Gasteiger partial charge >= 0.3 is 0 Å². The smallest absolute Gasteiger partial charge is 0.258 e. The number of thiocarbonyl (C=S) groups is 1. The topological polar surface area (TPSA) is 52.2 Å². The van der Waals surface area contributed by atoms with Crippen molar-refractivity contribution in [1.29, 1.82) is 0 Å². The van der Waals surface area contributed by atoms with Gasteiger partial charge in [0, 0.05) is 44.9 Å². The van der Waals surface area contributed by atoms with E-state index in [4.69, 9.17) is 12.2 Å². The van der Waals surface area contributed by atoms with Crippen molar-refractivity contribution in [2.75, 3.05) is 26.2 Å². The molecule has 0 bridgehead atoms. The predicted molar refractivity (Wildman–Crippen MR) is 134 cm³/mol. The molecule has 1 aromatic heterocycles. The van der Waals surface area contributed by atoms with E-state index in [1.165, 1.54) is 5.56 Å². The first-order valence-corrected chi connectivity index (χ1v) is 12.2. The third-order valence-corrected chi connectivity index (χ3v) is 7.14. The molecule has 2 heterocycles. The number of piperazine rings is 1. The largest absolute Gasteiger partial charge is 0.355 e. The minimum atomic E-state index is -0.0579. The van der Waals surface area contributed by atoms with Crippen LogP contribution in [0.15, 0.2) is 53.3 Å². The summed E-state index contributed by atoms with van der Waals surface area (Å²) < 4.78 is 0.935. The Kier molecular flexibility index (Phi) is 7.37. The number of aromatic nitrogens is 2. The highest BCUT2D eigenvalue weighted by molar-refractivity contribution is 8.22. The number of fused-ring (bicyclic) bond motifs is 1. The molecule has 2 aromatic carbocycles. The van der Waals surface area contributed by atoms with E-state index in [1.807, 2.05) is 12.1 Å². The molecule has 0 radical (unpaired) electrons. The number of thioether (sulfide) groups is 1. The van der Waals surface area contributed by atoms with Crippen LogP contribution in [0.5, 0.6) is 0 Å². The first kappa shape index (κ1) is 22.0. The minimum Gasteiger partial charge on any atom is -0.355 e. The molecule has 0 amide bonds. The van der Waals surface area contributed by atoms with Crippen molar-refractivity contribution < 1.29 is 0 Å². The van der Waals surface area contributed by atoms with Gasteiger partial charge < -0.3 is 9.88 Å². The van der Waals surface area contributed by atoms with E-state index in [1.54, 1.807) is 11.8 Å². The van der Waals surface area contributed by atoms with E-state index in [9.17, 15) is 4.79 Å². The second-order valence-electron chi connectivity index (χ2n) is 7.92. The molecule has 1 fully saturated rings. The summed E-state index contributed by atoms with van der Waals surface area (Å²) >= 11 is 7.37. The molecule has 5 nitrogen and oxygen atoms in total. The molecule has 1 saturated heterocycles. The first-order valence-electron chi connectivity index (χ1n) is 10.8. The Morgan fingerprint density at radius 3 is 2.61 bits per heavy atom. The van der Waals surface area contributed by atoms with Gasteiger partial charge in [0.2, 0.25) is 0 Å². The number of benzene rings is 2. The number of H-pyrrole nitrogens is 1. The van der Waals surface area contributed by atoms with Crippen molar-refractivity contribution in [2.24, 2.45) is 0 Å². The van der Waals surface area contributed by atoms with Crippen LogP contribution >= 0.6 is 24.0 Å². The molecule has 0 aliphatic carbocycles. The van der Waals surface area contributed by atoms with Gasteiger partial charge in [0.1, 0.15) is 10.1 Å². The minimum absolute atomic E-state index is 0.0579. The maximum Gasteiger partial charge on any atom is 0.258 e. The lowest BCUT2D eigenvalue weighted by Gasteiger charge is -2.35. The van der Waals surface area contributed by atoms with E-state index in [-0.39, 0.29) is 5.56 Å². The van der Waals surface area contributed by atoms with Crippen molar-refractivity contribution in [1.82, 2.24) is 19.8 Å². The summed E-state index contributed by atoms with van der Waals surface area (Å²) in [6.07, 6.45) is 1.75. The number of aryl methyl sites for hydroxylation is 1. The molecule has 1 aliphatic heterocycles. The third kappa shape index (κ3) is 5.73. The van der Waals surface area contributed by atoms with Crippen LogP contribution in [0.2, 0.25) is 0 Å². The normalized spacial score (nSPS) is 14.8. The molecule has 0 unspecified atom stereocenters. The number of hydrogen-bond donors (Lipinski definition) is 1. The fourth-order valence-electron chi connectivity index (χ4n) is 3.85. The molecule has 0 atom stereocenters. The van der Waals surface area contributed by atoms with Gasteiger partial charge in [-0.1, -0.05) is 67.3 Å². The lowest BCUT2D eigenvalue weighted by Crippen LogP contribution is -2.47. The number of nitrogens with zero attached hydrogens (tertiary/aromatic N) is 3. The molecule has 3 aromatic rings. The number of hydrogen-bond acceptors (Lipinski definition) is 5. The average Bonchev–Trinajstić information content (AvgIpc) is 2.79. The maximum absolute atomic E-state index is 12.4. The number of aromatic amines is 1. The molecular formula is C24H28N4OS2. The monoisotopic (exact) mass is 452 g/mol. The fraction of sp³-hybridized carbons (Fsp3) is 0.375. The van der Waals surface area contributed by atoms with Gasteiger partial charge in [-0.2, -0.15) is 0 Å². The van der Waals surface area contributed by atoms with Crippen molar-refractivity contribution in [2.45, 2.75) is 32.1 Å². The van der Waals surface area contributed by atoms with Crippen LogP contribution in [0.3, 0.4) is 0 Å². The van der Waals surface area contributed by atoms with Gasteiger partial charge in [0.15, 0.2) is 0 Å². The highest BCUT2D eigenvalue weighted by atomic mass is 32.2. The molecule has 1 N–H and O–H groups in total. The summed E-state index contributed by atoms with van der Waals surface area (Å²) in [4.78, 5) is 24.7. The van der Waals surface area contributed by atoms with E-state index < -0.39 is 0 Å². The fourth-order valence-corrected chi connectivity index (χ4v) is 5.04. The van der Waals surface area contributed by atoms with Crippen molar-refractivity contribution >= 4 is 39.2 Å². The summed E-state index contributed by atoms with van der Waals surface area (Å²) in [5.41, 5.74) is 3.16. The van der Waals surface area contributed by atoms with Crippen molar-refractivity contribution in [3.8, 4) is 0 Å². The molecule has 0 spiro atoms. The average molecular weight is 453 g/mol. The van der Waals surface area contributed by atoms with Gasteiger partial charge in [0.25, 0.3) is 5.56 Å². The number of nitrogens with one attached hydrogen (secondary N) is 1. The molecule has 0 saturated carbocycles. The van der Waals surface area contributed by atoms with E-state index >= 15 is 0 Å². The van der Waals surface area contributed by atoms with Crippen molar-refractivity contribution in [3.63, 3.8) is 0 Å². The summed E-state index contributed by atoms with van der Waals surface area (Å²) in [5.74, 6) is 1.52. The summed E-state index contributed by atoms with van der Waals surface area (Å²) in [7, 11) is 0. The SMILES string of the molecule is CCCc1nc2ccc(CSC(=S)N3CCN(Cc4ccccc4)CC3)cc2c(=O)[nH]1. The van der Waals surface area contributed by atoms with Gasteiger partial charge in [-0.05, 0) is 29.7 Å². The van der Waals surface area contributed by atoms with Crippen molar-refractivity contribution in [3.05, 3.63) is 75.8 Å². The van der Waals surface area contributed by atoms with Crippen LogP contribution in [-0.4, -0.2) is 50.3 Å². The lowest BCUT2D eigenvalue weighted by molar-refractivity contribution is 0.179. The van der Waals surface area contributed by atoms with Crippen LogP contribution in [0, 0.1) is 0 Å². The van der Waals surface area contributed by atoms with Gasteiger partial charge in [-0.15, -0.1) is 0 Å². The Bertz CT molecular complexity index is 1090.